The van der Waals surface area contributed by atoms with Crippen molar-refractivity contribution in [3.8, 4) is 11.1 Å². The number of rotatable bonds is 3. The van der Waals surface area contributed by atoms with Crippen LogP contribution in [0, 0.1) is 10.7 Å². The average molecular weight is 244 g/mol. The zero-order chi connectivity index (χ0) is 13.1. The van der Waals surface area contributed by atoms with Crippen molar-refractivity contribution in [3.05, 3.63) is 58.8 Å². The summed E-state index contributed by atoms with van der Waals surface area (Å²) in [5.41, 5.74) is 1.30. The van der Waals surface area contributed by atoms with Gasteiger partial charge in [-0.2, -0.15) is 0 Å². The third kappa shape index (κ3) is 2.18. The first-order valence-corrected chi connectivity index (χ1v) is 5.41. The van der Waals surface area contributed by atoms with Gasteiger partial charge in [0, 0.05) is 21.7 Å². The number of hydrogen-bond acceptors (Lipinski definition) is 2. The minimum Gasteiger partial charge on any atom is -0.295 e. The van der Waals surface area contributed by atoms with E-state index < -0.39 is 5.82 Å². The Morgan fingerprint density at radius 1 is 1.17 bits per heavy atom. The molecule has 0 atom stereocenters. The number of ketones is 1. The summed E-state index contributed by atoms with van der Waals surface area (Å²) in [5.74, 6) is -0.610. The van der Waals surface area contributed by atoms with Crippen molar-refractivity contribution in [2.24, 2.45) is 0 Å². The van der Waals surface area contributed by atoms with Crippen LogP contribution in [0.5, 0.6) is 0 Å². The number of hydrogen-bond donors (Lipinski definition) is 1. The predicted octanol–water partition coefficient (Wildman–Crippen LogP) is 2.17. The fraction of sp³-hybridized carbons (Fsp3) is 0.0714. The van der Waals surface area contributed by atoms with Gasteiger partial charge in [0.05, 0.1) is 5.56 Å². The maximum absolute atomic E-state index is 13.8. The summed E-state index contributed by atoms with van der Waals surface area (Å²) in [6.45, 7) is 1.44. The van der Waals surface area contributed by atoms with Gasteiger partial charge in [-0.1, -0.05) is 24.3 Å². The minimum absolute atomic E-state index is 0.107. The van der Waals surface area contributed by atoms with E-state index in [-0.39, 0.29) is 17.0 Å². The summed E-state index contributed by atoms with van der Waals surface area (Å²) in [4.78, 5) is 22.1. The predicted molar refractivity (Wildman–Crippen MR) is 65.8 cm³/mol. The largest absolute Gasteiger partial charge is 0.295 e. The van der Waals surface area contributed by atoms with Gasteiger partial charge in [-0.25, -0.2) is 4.39 Å². The highest BCUT2D eigenvalue weighted by atomic mass is 19.1. The van der Waals surface area contributed by atoms with E-state index in [1.807, 2.05) is 0 Å². The molecule has 2 rings (SSSR count). The molecule has 0 bridgehead atoms. The van der Waals surface area contributed by atoms with E-state index >= 15 is 0 Å². The molecular weight excluding hydrogens is 233 g/mol. The average Bonchev–Trinajstić information content (AvgIpc) is 2.38. The molecular formula is C14H11FNO2+. The van der Waals surface area contributed by atoms with Crippen molar-refractivity contribution in [2.45, 2.75) is 6.92 Å². The zero-order valence-corrected chi connectivity index (χ0v) is 9.74. The summed E-state index contributed by atoms with van der Waals surface area (Å²) < 4.78 is 13.8. The summed E-state index contributed by atoms with van der Waals surface area (Å²) in [5, 5.41) is 1.71. The summed E-state index contributed by atoms with van der Waals surface area (Å²) in [7, 11) is 0. The van der Waals surface area contributed by atoms with E-state index in [9.17, 15) is 14.1 Å². The van der Waals surface area contributed by atoms with Crippen LogP contribution >= 0.6 is 0 Å². The maximum Gasteiger partial charge on any atom is 0.264 e. The first kappa shape index (κ1) is 12.1. The number of halogens is 1. The molecule has 3 nitrogen and oxygen atoms in total. The van der Waals surface area contributed by atoms with Crippen LogP contribution in [0.4, 0.5) is 10.1 Å². The molecule has 0 aliphatic rings. The first-order chi connectivity index (χ1) is 8.63. The molecule has 0 fully saturated rings. The lowest BCUT2D eigenvalue weighted by Crippen LogP contribution is -2.56. The fourth-order valence-electron chi connectivity index (χ4n) is 1.80. The van der Waals surface area contributed by atoms with Gasteiger partial charge in [0.2, 0.25) is 0 Å². The molecule has 4 heteroatoms. The number of carbonyl (C=O) groups excluding carboxylic acids is 1. The summed E-state index contributed by atoms with van der Waals surface area (Å²) in [6.07, 6.45) is 0. The van der Waals surface area contributed by atoms with Crippen LogP contribution in [0.1, 0.15) is 17.3 Å². The molecule has 0 aliphatic heterocycles. The molecule has 0 saturated heterocycles. The monoisotopic (exact) mass is 244 g/mol. The van der Waals surface area contributed by atoms with Gasteiger partial charge >= 0.3 is 0 Å². The van der Waals surface area contributed by atoms with E-state index in [0.29, 0.717) is 11.1 Å². The van der Waals surface area contributed by atoms with Crippen molar-refractivity contribution < 1.29 is 14.4 Å². The highest BCUT2D eigenvalue weighted by molar-refractivity contribution is 5.95. The molecule has 0 amide bonds. The lowest BCUT2D eigenvalue weighted by Gasteiger charge is -2.04. The van der Waals surface area contributed by atoms with Crippen LogP contribution in [0.3, 0.4) is 0 Å². The molecule has 0 aromatic heterocycles. The minimum atomic E-state index is -0.503. The molecule has 2 aromatic rings. The summed E-state index contributed by atoms with van der Waals surface area (Å²) >= 11 is 0. The molecule has 1 N–H and O–H groups in total. The SMILES string of the molecule is CC(=O)c1cccc(-c2c(F)cccc2[NH+]=O)c1. The van der Waals surface area contributed by atoms with Crippen LogP contribution in [0.25, 0.3) is 11.1 Å². The van der Waals surface area contributed by atoms with Gasteiger partial charge in [0.1, 0.15) is 5.82 Å². The van der Waals surface area contributed by atoms with Crippen molar-refractivity contribution >= 4 is 11.5 Å². The first-order valence-electron chi connectivity index (χ1n) is 5.41. The van der Waals surface area contributed by atoms with Crippen LogP contribution in [-0.4, -0.2) is 5.78 Å². The van der Waals surface area contributed by atoms with Gasteiger partial charge in [0.25, 0.3) is 5.69 Å². The van der Waals surface area contributed by atoms with Gasteiger partial charge in [-0.15, -0.1) is 0 Å². The Morgan fingerprint density at radius 2 is 1.89 bits per heavy atom. The number of benzene rings is 2. The molecule has 2 aromatic carbocycles. The molecule has 18 heavy (non-hydrogen) atoms. The second-order valence-corrected chi connectivity index (χ2v) is 3.90. The molecule has 0 spiro atoms. The molecule has 0 radical (unpaired) electrons. The van der Waals surface area contributed by atoms with E-state index in [1.165, 1.54) is 25.1 Å². The number of carbonyl (C=O) groups is 1. The third-order valence-electron chi connectivity index (χ3n) is 2.68. The maximum atomic E-state index is 13.8. The Morgan fingerprint density at radius 3 is 2.56 bits per heavy atom. The molecule has 90 valence electrons. The highest BCUT2D eigenvalue weighted by Gasteiger charge is 2.16. The van der Waals surface area contributed by atoms with Gasteiger partial charge in [0.15, 0.2) is 5.78 Å². The number of Topliss-reactive ketones (excluding diaryl/α,β-unsaturated/α-hetero) is 1. The van der Waals surface area contributed by atoms with E-state index in [1.54, 1.807) is 29.4 Å². The molecule has 0 saturated carbocycles. The van der Waals surface area contributed by atoms with Crippen molar-refractivity contribution in [1.29, 1.82) is 0 Å². The van der Waals surface area contributed by atoms with E-state index in [2.05, 4.69) is 0 Å². The Hall–Kier alpha value is -2.36. The second-order valence-electron chi connectivity index (χ2n) is 3.90. The number of nitroso groups, excluding NO2 is 1. The Labute approximate surface area is 103 Å². The Balaban J connectivity index is 2.65. The molecule has 0 heterocycles. The Bertz CT molecular complexity index is 623. The second kappa shape index (κ2) is 4.87. The van der Waals surface area contributed by atoms with E-state index in [4.69, 9.17) is 0 Å². The zero-order valence-electron chi connectivity index (χ0n) is 9.74. The summed E-state index contributed by atoms with van der Waals surface area (Å²) in [6, 6.07) is 10.8. The van der Waals surface area contributed by atoms with Gasteiger partial charge in [-0.05, 0) is 24.6 Å². The standard InChI is InChI=1S/C14H10FNO2/c1-9(17)10-4-2-5-11(8-10)14-12(15)6-3-7-13(14)16-18/h2-8H,1H3/p+1. The third-order valence-corrected chi connectivity index (χ3v) is 2.68. The van der Waals surface area contributed by atoms with Crippen molar-refractivity contribution in [1.82, 2.24) is 0 Å². The molecule has 0 unspecified atom stereocenters. The number of nitrogens with one attached hydrogen (secondary N) is 1. The lowest BCUT2D eigenvalue weighted by molar-refractivity contribution is -0.378. The van der Waals surface area contributed by atoms with E-state index in [0.717, 1.165) is 0 Å². The fourth-order valence-corrected chi connectivity index (χ4v) is 1.80. The lowest BCUT2D eigenvalue weighted by atomic mass is 10.00. The van der Waals surface area contributed by atoms with Crippen LogP contribution in [0.2, 0.25) is 0 Å². The van der Waals surface area contributed by atoms with Gasteiger partial charge in [-0.3, -0.25) is 4.79 Å². The van der Waals surface area contributed by atoms with Crippen LogP contribution in [-0.2, 0) is 0 Å². The highest BCUT2D eigenvalue weighted by Crippen LogP contribution is 2.28. The van der Waals surface area contributed by atoms with Crippen molar-refractivity contribution in [2.75, 3.05) is 0 Å². The van der Waals surface area contributed by atoms with Crippen LogP contribution in [0.15, 0.2) is 42.5 Å². The normalized spacial score (nSPS) is 10.1. The Kier molecular flexibility index (Phi) is 3.28. The topological polar surface area (TPSA) is 48.1 Å². The molecule has 0 aliphatic carbocycles. The smallest absolute Gasteiger partial charge is 0.264 e. The quantitative estimate of drug-likeness (QED) is 0.841. The van der Waals surface area contributed by atoms with Crippen LogP contribution < -0.4 is 5.18 Å². The van der Waals surface area contributed by atoms with Crippen molar-refractivity contribution in [3.63, 3.8) is 0 Å². The van der Waals surface area contributed by atoms with Gasteiger partial charge < -0.3 is 0 Å².